The number of rotatable bonds is 5. The van der Waals surface area contributed by atoms with Crippen LogP contribution in [-0.4, -0.2) is 32.9 Å². The van der Waals surface area contributed by atoms with Crippen molar-refractivity contribution in [2.75, 3.05) is 5.32 Å². The summed E-state index contributed by atoms with van der Waals surface area (Å²) in [5.74, 6) is 2.52. The number of hydrogen-bond donors (Lipinski definition) is 2. The molecule has 2 aromatic rings. The number of anilines is 1. The van der Waals surface area contributed by atoms with Gasteiger partial charge in [-0.05, 0) is 38.8 Å². The topological polar surface area (TPSA) is 81.1 Å². The molecule has 0 radical (unpaired) electrons. The first-order valence-electron chi connectivity index (χ1n) is 8.78. The highest BCUT2D eigenvalue weighted by atomic mass is 16.5. The number of carbonyl (C=O) groups excluding carboxylic acids is 1. The Morgan fingerprint density at radius 1 is 1.48 bits per heavy atom. The number of aryl methyl sites for hydroxylation is 2. The molecule has 1 aliphatic rings. The van der Waals surface area contributed by atoms with E-state index < -0.39 is 0 Å². The maximum Gasteiger partial charge on any atom is 0.319 e. The molecule has 2 atom stereocenters. The third-order valence-electron chi connectivity index (χ3n) is 4.30. The number of carbonyl (C=O) groups is 1. The largest absolute Gasteiger partial charge is 0.491 e. The third kappa shape index (κ3) is 4.49. The minimum absolute atomic E-state index is 0.0492. The Bertz CT molecular complexity index is 743. The van der Waals surface area contributed by atoms with Crippen LogP contribution in [0.25, 0.3) is 0 Å². The van der Waals surface area contributed by atoms with Gasteiger partial charge in [0.25, 0.3) is 0 Å². The fraction of sp³-hybridized carbons (Fsp3) is 0.500. The van der Waals surface area contributed by atoms with Crippen LogP contribution in [0.5, 0.6) is 5.75 Å². The molecule has 2 amide bonds. The summed E-state index contributed by atoms with van der Waals surface area (Å²) in [7, 11) is 0. The second-order valence-corrected chi connectivity index (χ2v) is 6.46. The van der Waals surface area contributed by atoms with Gasteiger partial charge >= 0.3 is 6.03 Å². The number of amides is 2. The van der Waals surface area contributed by atoms with Gasteiger partial charge in [0.1, 0.15) is 17.4 Å². The van der Waals surface area contributed by atoms with Crippen LogP contribution in [0, 0.1) is 6.92 Å². The van der Waals surface area contributed by atoms with Crippen molar-refractivity contribution in [2.45, 2.75) is 58.7 Å². The van der Waals surface area contributed by atoms with Gasteiger partial charge in [-0.25, -0.2) is 14.5 Å². The first-order chi connectivity index (χ1) is 12.0. The molecule has 3 rings (SSSR count). The summed E-state index contributed by atoms with van der Waals surface area (Å²) in [4.78, 5) is 16.7. The molecule has 2 N–H and O–H groups in total. The molecule has 0 fully saturated rings. The van der Waals surface area contributed by atoms with Crippen LogP contribution in [0.3, 0.4) is 0 Å². The van der Waals surface area contributed by atoms with Crippen LogP contribution in [0.1, 0.15) is 38.3 Å². The van der Waals surface area contributed by atoms with Crippen LogP contribution in [0.15, 0.2) is 24.3 Å². The Labute approximate surface area is 147 Å². The standard InChI is InChI=1S/C18H25N5O2/c1-4-12(2)25-16-7-5-6-14(10-16)20-18(24)21-15-8-9-17-19-13(3)22-23(17)11-15/h5-7,10,12,15H,4,8-9,11H2,1-3H3,(H2,20,21,24)/t12-,15+/m1/s1. The molecule has 0 unspecified atom stereocenters. The number of ether oxygens (including phenoxy) is 1. The summed E-state index contributed by atoms with van der Waals surface area (Å²) in [6.07, 6.45) is 2.77. The second-order valence-electron chi connectivity index (χ2n) is 6.46. The highest BCUT2D eigenvalue weighted by Gasteiger charge is 2.22. The zero-order chi connectivity index (χ0) is 17.8. The molecular formula is C18H25N5O2. The van der Waals surface area contributed by atoms with E-state index in [1.54, 1.807) is 0 Å². The van der Waals surface area contributed by atoms with Crippen molar-refractivity contribution in [3.05, 3.63) is 35.9 Å². The fourth-order valence-corrected chi connectivity index (χ4v) is 2.87. The summed E-state index contributed by atoms with van der Waals surface area (Å²) in [5, 5.41) is 10.2. The molecule has 0 aliphatic carbocycles. The maximum absolute atomic E-state index is 12.3. The van der Waals surface area contributed by atoms with Crippen molar-refractivity contribution in [3.8, 4) is 5.75 Å². The van der Waals surface area contributed by atoms with Crippen LogP contribution in [-0.2, 0) is 13.0 Å². The molecule has 0 saturated heterocycles. The zero-order valence-electron chi connectivity index (χ0n) is 15.0. The van der Waals surface area contributed by atoms with Gasteiger partial charge in [0.15, 0.2) is 0 Å². The predicted octanol–water partition coefficient (Wildman–Crippen LogP) is 2.90. The number of urea groups is 1. The molecule has 1 aromatic carbocycles. The summed E-state index contributed by atoms with van der Waals surface area (Å²) in [5.41, 5.74) is 0.714. The molecular weight excluding hydrogens is 318 g/mol. The number of nitrogens with one attached hydrogen (secondary N) is 2. The molecule has 25 heavy (non-hydrogen) atoms. The van der Waals surface area contributed by atoms with Crippen molar-refractivity contribution in [2.24, 2.45) is 0 Å². The van der Waals surface area contributed by atoms with Crippen LogP contribution >= 0.6 is 0 Å². The summed E-state index contributed by atoms with van der Waals surface area (Å²) in [6, 6.07) is 7.29. The van der Waals surface area contributed by atoms with Crippen molar-refractivity contribution >= 4 is 11.7 Å². The van der Waals surface area contributed by atoms with Crippen LogP contribution in [0.4, 0.5) is 10.5 Å². The Balaban J connectivity index is 1.55. The third-order valence-corrected chi connectivity index (χ3v) is 4.30. The fourth-order valence-electron chi connectivity index (χ4n) is 2.87. The van der Waals surface area contributed by atoms with Gasteiger partial charge in [-0.15, -0.1) is 0 Å². The van der Waals surface area contributed by atoms with Crippen molar-refractivity contribution in [1.82, 2.24) is 20.1 Å². The van der Waals surface area contributed by atoms with E-state index in [1.165, 1.54) is 0 Å². The van der Waals surface area contributed by atoms with Gasteiger partial charge in [-0.2, -0.15) is 5.10 Å². The first kappa shape index (κ1) is 17.3. The summed E-state index contributed by atoms with van der Waals surface area (Å²) in [6.45, 7) is 6.64. The Kier molecular flexibility index (Phi) is 5.21. The van der Waals surface area contributed by atoms with Crippen molar-refractivity contribution < 1.29 is 9.53 Å². The minimum atomic E-state index is -0.217. The summed E-state index contributed by atoms with van der Waals surface area (Å²) < 4.78 is 7.67. The number of fused-ring (bicyclic) bond motifs is 1. The molecule has 1 aromatic heterocycles. The van der Waals surface area contributed by atoms with Crippen molar-refractivity contribution in [3.63, 3.8) is 0 Å². The molecule has 7 heteroatoms. The monoisotopic (exact) mass is 343 g/mol. The Morgan fingerprint density at radius 3 is 3.12 bits per heavy atom. The van der Waals surface area contributed by atoms with E-state index in [-0.39, 0.29) is 18.2 Å². The zero-order valence-corrected chi connectivity index (χ0v) is 15.0. The van der Waals surface area contributed by atoms with Gasteiger partial charge < -0.3 is 15.4 Å². The number of hydrogen-bond acceptors (Lipinski definition) is 4. The molecule has 7 nitrogen and oxygen atoms in total. The molecule has 0 spiro atoms. The lowest BCUT2D eigenvalue weighted by Gasteiger charge is -2.23. The first-order valence-corrected chi connectivity index (χ1v) is 8.78. The van der Waals surface area contributed by atoms with Gasteiger partial charge in [-0.1, -0.05) is 13.0 Å². The SMILES string of the molecule is CC[C@@H](C)Oc1cccc(NC(=O)N[C@H]2CCc3nc(C)nn3C2)c1. The molecule has 0 saturated carbocycles. The lowest BCUT2D eigenvalue weighted by molar-refractivity contribution is 0.217. The molecule has 2 heterocycles. The van der Waals surface area contributed by atoms with Crippen molar-refractivity contribution in [1.29, 1.82) is 0 Å². The number of nitrogens with zero attached hydrogens (tertiary/aromatic N) is 3. The van der Waals surface area contributed by atoms with Gasteiger partial charge in [0.05, 0.1) is 18.7 Å². The minimum Gasteiger partial charge on any atom is -0.491 e. The van der Waals surface area contributed by atoms with Crippen LogP contribution in [0.2, 0.25) is 0 Å². The molecule has 0 bridgehead atoms. The smallest absolute Gasteiger partial charge is 0.319 e. The van der Waals surface area contributed by atoms with Gasteiger partial charge in [0, 0.05) is 18.2 Å². The number of benzene rings is 1. The maximum atomic E-state index is 12.3. The lowest BCUT2D eigenvalue weighted by atomic mass is 10.1. The van der Waals surface area contributed by atoms with E-state index in [0.717, 1.165) is 36.7 Å². The second kappa shape index (κ2) is 7.55. The number of aromatic nitrogens is 3. The van der Waals surface area contributed by atoms with E-state index in [1.807, 2.05) is 42.8 Å². The molecule has 1 aliphatic heterocycles. The highest BCUT2D eigenvalue weighted by molar-refractivity contribution is 5.89. The average molecular weight is 343 g/mol. The highest BCUT2D eigenvalue weighted by Crippen LogP contribution is 2.19. The van der Waals surface area contributed by atoms with E-state index in [2.05, 4.69) is 27.6 Å². The van der Waals surface area contributed by atoms with E-state index in [4.69, 9.17) is 4.74 Å². The van der Waals surface area contributed by atoms with Crippen LogP contribution < -0.4 is 15.4 Å². The van der Waals surface area contributed by atoms with E-state index >= 15 is 0 Å². The quantitative estimate of drug-likeness (QED) is 0.875. The summed E-state index contributed by atoms with van der Waals surface area (Å²) >= 11 is 0. The Hall–Kier alpha value is -2.57. The predicted molar refractivity (Wildman–Crippen MR) is 95.8 cm³/mol. The van der Waals surface area contributed by atoms with E-state index in [0.29, 0.717) is 12.2 Å². The molecule has 134 valence electrons. The van der Waals surface area contributed by atoms with E-state index in [9.17, 15) is 4.79 Å². The Morgan fingerprint density at radius 2 is 2.32 bits per heavy atom. The average Bonchev–Trinajstić information content (AvgIpc) is 2.94. The normalized spacial score (nSPS) is 17.5. The lowest BCUT2D eigenvalue weighted by Crippen LogP contribution is -2.43. The van der Waals surface area contributed by atoms with Gasteiger partial charge in [0.2, 0.25) is 0 Å². The van der Waals surface area contributed by atoms with Gasteiger partial charge in [-0.3, -0.25) is 0 Å².